The molecule has 0 saturated carbocycles. The second-order valence-corrected chi connectivity index (χ2v) is 9.66. The number of aryl methyl sites for hydroxylation is 1. The molecule has 0 fully saturated rings. The quantitative estimate of drug-likeness (QED) is 0.600. The minimum absolute atomic E-state index is 0.0552. The highest BCUT2D eigenvalue weighted by Gasteiger charge is 2.23. The summed E-state index contributed by atoms with van der Waals surface area (Å²) in [5, 5.41) is 0. The highest BCUT2D eigenvalue weighted by Crippen LogP contribution is 2.38. The van der Waals surface area contributed by atoms with Gasteiger partial charge in [-0.15, -0.1) is 0 Å². The molecule has 29 heavy (non-hydrogen) atoms. The monoisotopic (exact) mass is 413 g/mol. The molecule has 0 spiro atoms. The van der Waals surface area contributed by atoms with Crippen molar-refractivity contribution in [2.24, 2.45) is 0 Å². The Morgan fingerprint density at radius 1 is 0.931 bits per heavy atom. The molecule has 0 aromatic heterocycles. The first-order chi connectivity index (χ1) is 13.5. The van der Waals surface area contributed by atoms with Gasteiger partial charge in [0, 0.05) is 17.4 Å². The lowest BCUT2D eigenvalue weighted by Crippen LogP contribution is -2.30. The van der Waals surface area contributed by atoms with Gasteiger partial charge in [-0.3, -0.25) is 9.00 Å². The molecule has 3 rings (SSSR count). The maximum atomic E-state index is 12.6. The molecule has 0 amide bonds. The van der Waals surface area contributed by atoms with Crippen molar-refractivity contribution in [3.8, 4) is 17.2 Å². The van der Waals surface area contributed by atoms with Crippen LogP contribution < -0.4 is 9.47 Å². The van der Waals surface area contributed by atoms with Crippen LogP contribution in [0.25, 0.3) is 0 Å². The Labute approximate surface area is 169 Å². The fourth-order valence-corrected chi connectivity index (χ4v) is 3.68. The summed E-state index contributed by atoms with van der Waals surface area (Å²) in [6.07, 6.45) is 0.710. The molecule has 7 heteroatoms. The summed E-state index contributed by atoms with van der Waals surface area (Å²) in [4.78, 5) is 12.2. The van der Waals surface area contributed by atoms with Crippen molar-refractivity contribution in [2.75, 3.05) is 13.4 Å². The van der Waals surface area contributed by atoms with Crippen molar-refractivity contribution < 1.29 is 27.6 Å². The van der Waals surface area contributed by atoms with Crippen LogP contribution in [0.15, 0.2) is 71.6 Å². The van der Waals surface area contributed by atoms with Crippen LogP contribution in [0.5, 0.6) is 17.2 Å². The first kappa shape index (κ1) is 20.7. The third-order valence-electron chi connectivity index (χ3n) is 4.31. The molecule has 0 radical (unpaired) electrons. The Morgan fingerprint density at radius 3 is 1.97 bits per heavy atom. The van der Waals surface area contributed by atoms with Gasteiger partial charge in [0.1, 0.15) is 17.2 Å². The van der Waals surface area contributed by atoms with E-state index in [-0.39, 0.29) is 17.3 Å². The van der Waals surface area contributed by atoms with Crippen molar-refractivity contribution in [3.63, 3.8) is 0 Å². The number of ketones is 1. The highest BCUT2D eigenvalue weighted by molar-refractivity contribution is 8.09. The molecule has 0 bridgehead atoms. The smallest absolute Gasteiger partial charge is 0.193 e. The number of methoxy groups -OCH3 is 1. The molecule has 0 saturated heterocycles. The minimum atomic E-state index is -5.33. The molecule has 0 aliphatic carbocycles. The lowest BCUT2D eigenvalue weighted by atomic mass is 10.0. The average molecular weight is 413 g/mol. The van der Waals surface area contributed by atoms with E-state index < -0.39 is 14.5 Å². The van der Waals surface area contributed by atoms with Crippen molar-refractivity contribution in [2.45, 2.75) is 11.8 Å². The van der Waals surface area contributed by atoms with Gasteiger partial charge in [-0.05, 0) is 59.0 Å². The highest BCUT2D eigenvalue weighted by atomic mass is 32.3. The van der Waals surface area contributed by atoms with Gasteiger partial charge in [0.2, 0.25) is 0 Å². The number of hydrogen-bond donors (Lipinski definition) is 1. The number of sulfone groups is 1. The molecule has 0 unspecified atom stereocenters. The number of hydrogen-bond acceptors (Lipinski definition) is 5. The maximum Gasteiger partial charge on any atom is 0.193 e. The van der Waals surface area contributed by atoms with Gasteiger partial charge in [0.15, 0.2) is 5.78 Å². The minimum Gasteiger partial charge on any atom is -0.766 e. The van der Waals surface area contributed by atoms with E-state index in [1.165, 1.54) is 25.3 Å². The number of benzene rings is 3. The first-order valence-electron chi connectivity index (χ1n) is 8.73. The molecule has 0 atom stereocenters. The summed E-state index contributed by atoms with van der Waals surface area (Å²) in [6.45, 7) is 1.95. The average Bonchev–Trinajstić information content (AvgIpc) is 2.67. The number of carbonyl (C=O) groups excluding carboxylic acids is 1. The third-order valence-corrected chi connectivity index (χ3v) is 5.62. The van der Waals surface area contributed by atoms with Crippen LogP contribution in [0.2, 0.25) is 0 Å². The van der Waals surface area contributed by atoms with Crippen LogP contribution in [0.3, 0.4) is 0 Å². The summed E-state index contributed by atoms with van der Waals surface area (Å²) in [6, 6.07) is 17.7. The van der Waals surface area contributed by atoms with Crippen LogP contribution in [0, 0.1) is 6.92 Å². The van der Waals surface area contributed by atoms with E-state index >= 15 is 0 Å². The fraction of sp³-hybridized carbons (Fsp3) is 0.136. The summed E-state index contributed by atoms with van der Waals surface area (Å²) < 4.78 is 45.0. The number of rotatable bonds is 6. The van der Waals surface area contributed by atoms with E-state index in [0.29, 0.717) is 23.1 Å². The summed E-state index contributed by atoms with van der Waals surface area (Å²) in [5.74, 6) is 0.388. The van der Waals surface area contributed by atoms with E-state index in [2.05, 4.69) is 0 Å². The number of ether oxygens (including phenoxy) is 2. The zero-order valence-electron chi connectivity index (χ0n) is 16.2. The SMILES string of the molecule is COc1ccc(Oc2ccc(C(=O)c3ccc(C)cc3)cc2)c(S(C)(=O)([O-])O)c1. The molecule has 3 aromatic carbocycles. The molecule has 0 aliphatic rings. The predicted molar refractivity (Wildman–Crippen MR) is 110 cm³/mol. The lowest BCUT2D eigenvalue weighted by Gasteiger charge is -2.39. The summed E-state index contributed by atoms with van der Waals surface area (Å²) in [7, 11) is -3.94. The second-order valence-electron chi connectivity index (χ2n) is 6.83. The lowest BCUT2D eigenvalue weighted by molar-refractivity contribution is 0.103. The number of carbonyl (C=O) groups is 1. The topological polar surface area (TPSA) is 95.9 Å². The van der Waals surface area contributed by atoms with Crippen LogP contribution in [0.4, 0.5) is 0 Å². The largest absolute Gasteiger partial charge is 0.766 e. The summed E-state index contributed by atoms with van der Waals surface area (Å²) in [5.41, 5.74) is 2.11. The van der Waals surface area contributed by atoms with E-state index in [4.69, 9.17) is 9.47 Å². The molecule has 0 aliphatic heterocycles. The van der Waals surface area contributed by atoms with Gasteiger partial charge in [-0.1, -0.05) is 29.8 Å². The molecule has 152 valence electrons. The van der Waals surface area contributed by atoms with Gasteiger partial charge in [-0.25, -0.2) is 0 Å². The van der Waals surface area contributed by atoms with Gasteiger partial charge in [0.05, 0.1) is 12.0 Å². The Hall–Kier alpha value is -3.00. The van der Waals surface area contributed by atoms with Crippen molar-refractivity contribution in [3.05, 3.63) is 83.4 Å². The standard InChI is InChI=1S/C22H22O6S/c1-15-4-6-16(7-5-15)22(23)17-8-10-18(11-9-17)28-20-13-12-19(27-2)14-21(20)29(3,24,25)26/h4-14H,1-3H3,(H2,24,25,26)/p-1. The predicted octanol–water partition coefficient (Wildman–Crippen LogP) is 4.44. The second kappa shape index (κ2) is 7.44. The van der Waals surface area contributed by atoms with Gasteiger partial charge in [0.25, 0.3) is 0 Å². The van der Waals surface area contributed by atoms with Crippen LogP contribution in [0.1, 0.15) is 21.5 Å². The Kier molecular flexibility index (Phi) is 5.32. The van der Waals surface area contributed by atoms with Crippen LogP contribution >= 0.6 is 0 Å². The zero-order valence-corrected chi connectivity index (χ0v) is 17.1. The molecular formula is C22H21O6S-. The van der Waals surface area contributed by atoms with E-state index in [0.717, 1.165) is 5.56 Å². The van der Waals surface area contributed by atoms with Crippen molar-refractivity contribution >= 4 is 15.4 Å². The van der Waals surface area contributed by atoms with Crippen molar-refractivity contribution in [1.82, 2.24) is 0 Å². The normalized spacial score (nSPS) is 12.7. The Bertz CT molecular complexity index is 1100. The molecular weight excluding hydrogens is 392 g/mol. The van der Waals surface area contributed by atoms with Gasteiger partial charge >= 0.3 is 0 Å². The Balaban J connectivity index is 1.88. The summed E-state index contributed by atoms with van der Waals surface area (Å²) >= 11 is 0. The van der Waals surface area contributed by atoms with E-state index in [1.807, 2.05) is 19.1 Å². The fourth-order valence-electron chi connectivity index (χ4n) is 2.73. The first-order valence-corrected chi connectivity index (χ1v) is 11.0. The molecule has 0 heterocycles. The zero-order chi connectivity index (χ0) is 21.3. The van der Waals surface area contributed by atoms with Crippen LogP contribution in [-0.4, -0.2) is 32.5 Å². The van der Waals surface area contributed by atoms with E-state index in [9.17, 15) is 18.1 Å². The Morgan fingerprint density at radius 2 is 1.45 bits per heavy atom. The molecule has 3 aromatic rings. The van der Waals surface area contributed by atoms with E-state index in [1.54, 1.807) is 36.4 Å². The maximum absolute atomic E-state index is 12.6. The molecule has 1 N–H and O–H groups in total. The van der Waals surface area contributed by atoms with Gasteiger partial charge < -0.3 is 18.6 Å². The van der Waals surface area contributed by atoms with Crippen LogP contribution in [-0.2, 0) is 9.63 Å². The van der Waals surface area contributed by atoms with Crippen molar-refractivity contribution in [1.29, 1.82) is 0 Å². The van der Waals surface area contributed by atoms with Gasteiger partial charge in [-0.2, -0.15) is 0 Å². The third kappa shape index (κ3) is 4.89. The molecule has 6 nitrogen and oxygen atoms in total.